The fourth-order valence-corrected chi connectivity index (χ4v) is 5.33. The number of methoxy groups -OCH3 is 1. The van der Waals surface area contributed by atoms with Crippen LogP contribution in [-0.4, -0.2) is 75.3 Å². The Morgan fingerprint density at radius 3 is 2.59 bits per heavy atom. The Morgan fingerprint density at radius 1 is 1.05 bits per heavy atom. The zero-order chi connectivity index (χ0) is 26.0. The van der Waals surface area contributed by atoms with Gasteiger partial charge in [-0.2, -0.15) is 5.10 Å². The van der Waals surface area contributed by atoms with Crippen molar-refractivity contribution in [2.24, 2.45) is 7.05 Å². The van der Waals surface area contributed by atoms with Gasteiger partial charge in [-0.3, -0.25) is 4.98 Å². The molecule has 5 rings (SSSR count). The lowest BCUT2D eigenvalue weighted by molar-refractivity contribution is 0.0786. The fraction of sp³-hybridized carbons (Fsp3) is 0.500. The van der Waals surface area contributed by atoms with Crippen molar-refractivity contribution in [3.63, 3.8) is 0 Å². The van der Waals surface area contributed by atoms with Gasteiger partial charge in [0.15, 0.2) is 0 Å². The number of piperidine rings is 1. The highest BCUT2D eigenvalue weighted by Crippen LogP contribution is 2.30. The van der Waals surface area contributed by atoms with Crippen molar-refractivity contribution in [2.75, 3.05) is 31.7 Å². The fourth-order valence-electron chi connectivity index (χ4n) is 4.58. The smallest absolute Gasteiger partial charge is 0.225 e. The van der Waals surface area contributed by atoms with Crippen LogP contribution in [0.15, 0.2) is 36.9 Å². The zero-order valence-electron chi connectivity index (χ0n) is 22.4. The Hall–Kier alpha value is -3.15. The van der Waals surface area contributed by atoms with Crippen LogP contribution in [0, 0.1) is 0 Å². The first-order chi connectivity index (χ1) is 17.8. The molecule has 0 amide bonds. The van der Waals surface area contributed by atoms with E-state index in [9.17, 15) is 0 Å². The molecule has 0 unspecified atom stereocenters. The van der Waals surface area contributed by atoms with Crippen LogP contribution in [0.1, 0.15) is 12.8 Å². The number of hydrogen-bond acceptors (Lipinski definition) is 8. The first kappa shape index (κ1) is 25.5. The van der Waals surface area contributed by atoms with Gasteiger partial charge in [0.05, 0.1) is 29.1 Å². The van der Waals surface area contributed by atoms with E-state index >= 15 is 0 Å². The van der Waals surface area contributed by atoms with Crippen LogP contribution >= 0.6 is 0 Å². The molecule has 196 valence electrons. The second kappa shape index (κ2) is 10.7. The first-order valence-corrected chi connectivity index (χ1v) is 16.6. The Balaban J connectivity index is 1.38. The summed E-state index contributed by atoms with van der Waals surface area (Å²) >= 11 is 0. The van der Waals surface area contributed by atoms with Crippen LogP contribution < -0.4 is 4.90 Å². The van der Waals surface area contributed by atoms with Crippen LogP contribution in [0.2, 0.25) is 25.7 Å². The highest BCUT2D eigenvalue weighted by Gasteiger charge is 2.22. The van der Waals surface area contributed by atoms with Crippen LogP contribution in [0.25, 0.3) is 33.8 Å². The third-order valence-corrected chi connectivity index (χ3v) is 8.56. The normalized spacial score (nSPS) is 15.1. The molecule has 0 N–H and O–H groups in total. The average Bonchev–Trinajstić information content (AvgIpc) is 3.50. The summed E-state index contributed by atoms with van der Waals surface area (Å²) in [6, 6.07) is 5.02. The summed E-state index contributed by atoms with van der Waals surface area (Å²) in [7, 11) is 2.68. The summed E-state index contributed by atoms with van der Waals surface area (Å²) in [5, 5.41) is 4.49. The molecule has 11 heteroatoms. The second-order valence-electron chi connectivity index (χ2n) is 10.8. The Bertz CT molecular complexity index is 1350. The van der Waals surface area contributed by atoms with E-state index in [1.165, 1.54) is 0 Å². The number of ether oxygens (including phenoxy) is 2. The molecule has 4 aromatic rings. The second-order valence-corrected chi connectivity index (χ2v) is 16.4. The van der Waals surface area contributed by atoms with Gasteiger partial charge < -0.3 is 18.9 Å². The highest BCUT2D eigenvalue weighted by molar-refractivity contribution is 6.76. The van der Waals surface area contributed by atoms with E-state index in [2.05, 4.69) is 44.2 Å². The number of imidazole rings is 1. The molecular formula is C26H36N8O2Si. The van der Waals surface area contributed by atoms with Crippen LogP contribution in [0.5, 0.6) is 0 Å². The van der Waals surface area contributed by atoms with E-state index in [1.807, 2.05) is 42.5 Å². The van der Waals surface area contributed by atoms with Gasteiger partial charge in [0.1, 0.15) is 23.8 Å². The summed E-state index contributed by atoms with van der Waals surface area (Å²) in [5.74, 6) is 1.55. The molecule has 37 heavy (non-hydrogen) atoms. The van der Waals surface area contributed by atoms with Gasteiger partial charge in [0.25, 0.3) is 0 Å². The summed E-state index contributed by atoms with van der Waals surface area (Å²) in [5.41, 5.74) is 4.24. The van der Waals surface area contributed by atoms with E-state index in [4.69, 9.17) is 19.4 Å². The monoisotopic (exact) mass is 520 g/mol. The number of hydrogen-bond donors (Lipinski definition) is 0. The molecule has 1 aliphatic heterocycles. The van der Waals surface area contributed by atoms with Crippen molar-refractivity contribution in [1.29, 1.82) is 0 Å². The molecule has 0 bridgehead atoms. The van der Waals surface area contributed by atoms with E-state index < -0.39 is 8.07 Å². The summed E-state index contributed by atoms with van der Waals surface area (Å²) in [6.45, 7) is 10.0. The van der Waals surface area contributed by atoms with Gasteiger partial charge in [0.2, 0.25) is 5.95 Å². The Kier molecular flexibility index (Phi) is 7.36. The molecule has 0 aromatic carbocycles. The molecular weight excluding hydrogens is 484 g/mol. The zero-order valence-corrected chi connectivity index (χ0v) is 23.4. The van der Waals surface area contributed by atoms with Gasteiger partial charge in [0, 0.05) is 60.5 Å². The molecule has 0 atom stereocenters. The summed E-state index contributed by atoms with van der Waals surface area (Å²) in [4.78, 5) is 21.3. The lowest BCUT2D eigenvalue weighted by Gasteiger charge is -2.31. The number of nitrogens with zero attached hydrogens (tertiary/aromatic N) is 8. The van der Waals surface area contributed by atoms with Gasteiger partial charge in [-0.1, -0.05) is 19.6 Å². The van der Waals surface area contributed by atoms with Crippen LogP contribution in [0.3, 0.4) is 0 Å². The number of anilines is 1. The van der Waals surface area contributed by atoms with Crippen molar-refractivity contribution < 1.29 is 9.47 Å². The lowest BCUT2D eigenvalue weighted by Crippen LogP contribution is -2.37. The molecule has 0 aliphatic carbocycles. The minimum atomic E-state index is -1.11. The quantitative estimate of drug-likeness (QED) is 0.239. The Labute approximate surface area is 218 Å². The number of rotatable bonds is 9. The molecule has 5 heterocycles. The number of pyridine rings is 1. The van der Waals surface area contributed by atoms with Crippen LogP contribution in [0.4, 0.5) is 5.95 Å². The molecule has 0 spiro atoms. The predicted molar refractivity (Wildman–Crippen MR) is 147 cm³/mol. The Morgan fingerprint density at radius 2 is 1.84 bits per heavy atom. The highest BCUT2D eigenvalue weighted by atomic mass is 28.3. The lowest BCUT2D eigenvalue weighted by atomic mass is 10.1. The van der Waals surface area contributed by atoms with Gasteiger partial charge >= 0.3 is 0 Å². The van der Waals surface area contributed by atoms with E-state index in [-0.39, 0.29) is 0 Å². The standard InChI is InChI=1S/C26H36N8O2Si/c1-32-22-7-11-27-23(21-6-10-28-26(30-21)33-12-8-20(35-2)9-13-33)24(22)31-25(32)19-16-29-34(17-19)18-36-14-15-37(3,4)5/h6-7,10-11,16-17,20H,8-9,12-15,18H2,1-5H3. The minimum Gasteiger partial charge on any atom is -0.381 e. The molecule has 1 aliphatic rings. The summed E-state index contributed by atoms with van der Waals surface area (Å²) < 4.78 is 15.3. The molecule has 4 aromatic heterocycles. The van der Waals surface area contributed by atoms with Gasteiger partial charge in [-0.15, -0.1) is 0 Å². The summed E-state index contributed by atoms with van der Waals surface area (Å²) in [6.07, 6.45) is 9.68. The van der Waals surface area contributed by atoms with Crippen molar-refractivity contribution in [2.45, 2.75) is 51.4 Å². The number of fused-ring (bicyclic) bond motifs is 1. The average molecular weight is 521 g/mol. The molecule has 10 nitrogen and oxygen atoms in total. The first-order valence-electron chi connectivity index (χ1n) is 12.9. The van der Waals surface area contributed by atoms with E-state index in [0.29, 0.717) is 12.8 Å². The van der Waals surface area contributed by atoms with E-state index in [1.54, 1.807) is 13.3 Å². The van der Waals surface area contributed by atoms with Gasteiger partial charge in [-0.05, 0) is 31.0 Å². The van der Waals surface area contributed by atoms with Crippen molar-refractivity contribution >= 4 is 25.1 Å². The maximum absolute atomic E-state index is 5.86. The SMILES string of the molecule is COC1CCN(c2nccc(-c3nccc4c3nc(-c3cnn(COCC[Si](C)(C)C)c3)n4C)n2)CC1. The predicted octanol–water partition coefficient (Wildman–Crippen LogP) is 4.22. The van der Waals surface area contributed by atoms with E-state index in [0.717, 1.165) is 78.3 Å². The van der Waals surface area contributed by atoms with Crippen LogP contribution in [-0.2, 0) is 23.3 Å². The minimum absolute atomic E-state index is 0.308. The topological polar surface area (TPSA) is 96.0 Å². The number of aromatic nitrogens is 7. The molecule has 0 radical (unpaired) electrons. The number of aryl methyl sites for hydroxylation is 1. The third kappa shape index (κ3) is 5.73. The van der Waals surface area contributed by atoms with Crippen molar-refractivity contribution in [3.05, 3.63) is 36.9 Å². The van der Waals surface area contributed by atoms with Crippen molar-refractivity contribution in [3.8, 4) is 22.8 Å². The third-order valence-electron chi connectivity index (χ3n) is 6.85. The maximum atomic E-state index is 5.86. The van der Waals surface area contributed by atoms with Gasteiger partial charge in [-0.25, -0.2) is 19.6 Å². The molecule has 1 saturated heterocycles. The molecule has 0 saturated carbocycles. The molecule has 1 fully saturated rings. The van der Waals surface area contributed by atoms with Crippen molar-refractivity contribution in [1.82, 2.24) is 34.3 Å². The largest absolute Gasteiger partial charge is 0.381 e. The maximum Gasteiger partial charge on any atom is 0.225 e.